The van der Waals surface area contributed by atoms with Gasteiger partial charge in [0.2, 0.25) is 0 Å². The quantitative estimate of drug-likeness (QED) is 0.676. The van der Waals surface area contributed by atoms with Gasteiger partial charge in [0.15, 0.2) is 0 Å². The highest BCUT2D eigenvalue weighted by molar-refractivity contribution is 7.84. The van der Waals surface area contributed by atoms with Crippen molar-refractivity contribution in [3.63, 3.8) is 0 Å². The normalized spacial score (nSPS) is 14.0. The van der Waals surface area contributed by atoms with Crippen LogP contribution in [0.5, 0.6) is 0 Å². The van der Waals surface area contributed by atoms with E-state index in [0.29, 0.717) is 22.7 Å². The summed E-state index contributed by atoms with van der Waals surface area (Å²) in [5.74, 6) is 0.158. The highest BCUT2D eigenvalue weighted by Gasteiger charge is 2.11. The number of nitrogen functional groups attached to an aromatic ring is 2. The summed E-state index contributed by atoms with van der Waals surface area (Å²) < 4.78 is 11.0. The van der Waals surface area contributed by atoms with Crippen LogP contribution < -0.4 is 16.8 Å². The fourth-order valence-corrected chi connectivity index (χ4v) is 2.30. The van der Waals surface area contributed by atoms with Gasteiger partial charge in [-0.05, 0) is 25.1 Å². The molecular formula is C11H17N3O2S. The molecule has 0 saturated heterocycles. The molecule has 0 bridgehead atoms. The van der Waals surface area contributed by atoms with Crippen molar-refractivity contribution in [2.75, 3.05) is 23.5 Å². The molecule has 1 amide bonds. The van der Waals surface area contributed by atoms with Gasteiger partial charge in [-0.15, -0.1) is 0 Å². The zero-order chi connectivity index (χ0) is 13.0. The Morgan fingerprint density at radius 1 is 1.35 bits per heavy atom. The smallest absolute Gasteiger partial charge is 0.251 e. The molecule has 0 aromatic heterocycles. The first-order chi connectivity index (χ1) is 7.88. The van der Waals surface area contributed by atoms with Gasteiger partial charge in [0.1, 0.15) is 0 Å². The molecule has 1 aromatic carbocycles. The van der Waals surface area contributed by atoms with Crippen LogP contribution in [0.15, 0.2) is 18.2 Å². The molecule has 0 radical (unpaired) electrons. The summed E-state index contributed by atoms with van der Waals surface area (Å²) in [4.78, 5) is 11.8. The van der Waals surface area contributed by atoms with E-state index in [1.54, 1.807) is 31.4 Å². The maximum absolute atomic E-state index is 11.8. The zero-order valence-corrected chi connectivity index (χ0v) is 10.7. The largest absolute Gasteiger partial charge is 0.399 e. The summed E-state index contributed by atoms with van der Waals surface area (Å²) >= 11 is 0. The van der Waals surface area contributed by atoms with Crippen molar-refractivity contribution in [2.24, 2.45) is 0 Å². The lowest BCUT2D eigenvalue weighted by molar-refractivity contribution is 0.0944. The van der Waals surface area contributed by atoms with Gasteiger partial charge in [-0.25, -0.2) is 0 Å². The van der Waals surface area contributed by atoms with E-state index in [1.807, 2.05) is 0 Å². The maximum Gasteiger partial charge on any atom is 0.251 e. The first-order valence-corrected chi connectivity index (χ1v) is 6.88. The van der Waals surface area contributed by atoms with Crippen molar-refractivity contribution in [3.8, 4) is 0 Å². The molecular weight excluding hydrogens is 238 g/mol. The second kappa shape index (κ2) is 5.67. The van der Waals surface area contributed by atoms with Gasteiger partial charge < -0.3 is 16.8 Å². The maximum atomic E-state index is 11.8. The Labute approximate surface area is 103 Å². The first kappa shape index (κ1) is 13.5. The Morgan fingerprint density at radius 3 is 2.35 bits per heavy atom. The molecule has 0 heterocycles. The molecule has 0 spiro atoms. The fourth-order valence-electron chi connectivity index (χ4n) is 1.51. The number of hydrogen-bond donors (Lipinski definition) is 3. The van der Waals surface area contributed by atoms with Crippen molar-refractivity contribution in [1.29, 1.82) is 0 Å². The Hall–Kier alpha value is -1.56. The van der Waals surface area contributed by atoms with Crippen LogP contribution in [0, 0.1) is 0 Å². The molecule has 94 valence electrons. The Kier molecular flexibility index (Phi) is 4.51. The van der Waals surface area contributed by atoms with Crippen LogP contribution in [-0.2, 0) is 10.8 Å². The van der Waals surface area contributed by atoms with E-state index in [4.69, 9.17) is 11.5 Å². The summed E-state index contributed by atoms with van der Waals surface area (Å²) in [6, 6.07) is 4.54. The third kappa shape index (κ3) is 4.44. The summed E-state index contributed by atoms with van der Waals surface area (Å²) in [5.41, 5.74) is 12.5. The second-order valence-corrected chi connectivity index (χ2v) is 5.48. The predicted molar refractivity (Wildman–Crippen MR) is 71.1 cm³/mol. The summed E-state index contributed by atoms with van der Waals surface area (Å²) in [6.07, 6.45) is 1.60. The van der Waals surface area contributed by atoms with E-state index in [9.17, 15) is 9.00 Å². The van der Waals surface area contributed by atoms with E-state index in [2.05, 4.69) is 5.32 Å². The number of benzene rings is 1. The van der Waals surface area contributed by atoms with Crippen LogP contribution in [0.25, 0.3) is 0 Å². The van der Waals surface area contributed by atoms with Crippen LogP contribution in [0.2, 0.25) is 0 Å². The predicted octanol–water partition coefficient (Wildman–Crippen LogP) is 0.348. The van der Waals surface area contributed by atoms with Crippen molar-refractivity contribution in [2.45, 2.75) is 13.0 Å². The van der Waals surface area contributed by atoms with Crippen molar-refractivity contribution in [3.05, 3.63) is 23.8 Å². The third-order valence-corrected chi connectivity index (χ3v) is 3.07. The number of carbonyl (C=O) groups is 1. The van der Waals surface area contributed by atoms with Crippen LogP contribution >= 0.6 is 0 Å². The number of hydrogen-bond acceptors (Lipinski definition) is 4. The number of anilines is 2. The number of carbonyl (C=O) groups excluding carboxylic acids is 1. The molecule has 2 unspecified atom stereocenters. The lowest BCUT2D eigenvalue weighted by atomic mass is 10.1. The Bertz CT molecular complexity index is 428. The average molecular weight is 255 g/mol. The van der Waals surface area contributed by atoms with E-state index < -0.39 is 10.8 Å². The molecule has 6 heteroatoms. The minimum absolute atomic E-state index is 0.156. The minimum Gasteiger partial charge on any atom is -0.399 e. The van der Waals surface area contributed by atoms with Crippen molar-refractivity contribution < 1.29 is 9.00 Å². The van der Waals surface area contributed by atoms with Gasteiger partial charge in [-0.3, -0.25) is 9.00 Å². The van der Waals surface area contributed by atoms with E-state index in [1.165, 1.54) is 0 Å². The summed E-state index contributed by atoms with van der Waals surface area (Å²) in [7, 11) is -0.941. The molecule has 0 fully saturated rings. The fraction of sp³-hybridized carbons (Fsp3) is 0.364. The van der Waals surface area contributed by atoms with Gasteiger partial charge in [0, 0.05) is 45.8 Å². The van der Waals surface area contributed by atoms with Gasteiger partial charge >= 0.3 is 0 Å². The lowest BCUT2D eigenvalue weighted by Gasteiger charge is -2.13. The highest BCUT2D eigenvalue weighted by atomic mass is 32.2. The number of rotatable bonds is 4. The molecule has 2 atom stereocenters. The van der Waals surface area contributed by atoms with Crippen LogP contribution in [0.3, 0.4) is 0 Å². The molecule has 5 nitrogen and oxygen atoms in total. The van der Waals surface area contributed by atoms with Gasteiger partial charge in [0.05, 0.1) is 0 Å². The Morgan fingerprint density at radius 2 is 1.88 bits per heavy atom. The zero-order valence-electron chi connectivity index (χ0n) is 9.90. The lowest BCUT2D eigenvalue weighted by Crippen LogP contribution is -2.36. The average Bonchev–Trinajstić information content (AvgIpc) is 2.14. The van der Waals surface area contributed by atoms with Gasteiger partial charge in [0.25, 0.3) is 5.91 Å². The second-order valence-electron chi connectivity index (χ2n) is 4.00. The summed E-state index contributed by atoms with van der Waals surface area (Å²) in [6.45, 7) is 1.80. The molecule has 0 saturated carbocycles. The van der Waals surface area contributed by atoms with E-state index in [0.717, 1.165) is 0 Å². The van der Waals surface area contributed by atoms with Crippen molar-refractivity contribution >= 4 is 28.1 Å². The molecule has 0 aliphatic rings. The van der Waals surface area contributed by atoms with Crippen molar-refractivity contribution in [1.82, 2.24) is 5.32 Å². The van der Waals surface area contributed by atoms with E-state index in [-0.39, 0.29) is 11.9 Å². The number of amides is 1. The minimum atomic E-state index is -0.941. The van der Waals surface area contributed by atoms with E-state index >= 15 is 0 Å². The molecule has 1 aromatic rings. The third-order valence-electron chi connectivity index (χ3n) is 2.10. The Balaban J connectivity index is 2.72. The first-order valence-electron chi connectivity index (χ1n) is 5.15. The molecule has 5 N–H and O–H groups in total. The molecule has 0 aliphatic heterocycles. The van der Waals surface area contributed by atoms with Gasteiger partial charge in [-0.2, -0.15) is 0 Å². The highest BCUT2D eigenvalue weighted by Crippen LogP contribution is 2.13. The van der Waals surface area contributed by atoms with Crippen LogP contribution in [0.1, 0.15) is 17.3 Å². The number of nitrogens with two attached hydrogens (primary N) is 2. The standard InChI is InChI=1S/C11H17N3O2S/c1-7(6-17(2)16)14-11(15)8-3-9(12)5-10(13)4-8/h3-5,7H,6,12-13H2,1-2H3,(H,14,15). The SMILES string of the molecule is CC(CS(C)=O)NC(=O)c1cc(N)cc(N)c1. The molecule has 0 aliphatic carbocycles. The van der Waals surface area contributed by atoms with Gasteiger partial charge in [-0.1, -0.05) is 0 Å². The molecule has 17 heavy (non-hydrogen) atoms. The monoisotopic (exact) mass is 255 g/mol. The number of nitrogens with one attached hydrogen (secondary N) is 1. The topological polar surface area (TPSA) is 98.2 Å². The molecule has 1 rings (SSSR count). The van der Waals surface area contributed by atoms with Crippen LogP contribution in [-0.4, -0.2) is 28.2 Å². The summed E-state index contributed by atoms with van der Waals surface area (Å²) in [5, 5.41) is 2.74. The van der Waals surface area contributed by atoms with Crippen LogP contribution in [0.4, 0.5) is 11.4 Å².